The van der Waals surface area contributed by atoms with Crippen molar-refractivity contribution < 1.29 is 19.1 Å². The SMILES string of the molecule is COC(=O)CC[C@@H](C)[C@H]1CC[C@H]2[C@@H]3CCC4CC(OC(C)=O)CC[C@]4(C)[C@H]3C=C[C@]12C. The summed E-state index contributed by atoms with van der Waals surface area (Å²) in [5.74, 6) is 3.85. The highest BCUT2D eigenvalue weighted by molar-refractivity contribution is 5.69. The van der Waals surface area contributed by atoms with E-state index in [2.05, 4.69) is 32.9 Å². The number of carbonyl (C=O) groups excluding carboxylic acids is 2. The van der Waals surface area contributed by atoms with E-state index in [-0.39, 0.29) is 23.5 Å². The first-order chi connectivity index (χ1) is 14.7. The largest absolute Gasteiger partial charge is 0.469 e. The maximum absolute atomic E-state index is 11.7. The number of methoxy groups -OCH3 is 1. The Balaban J connectivity index is 1.50. The highest BCUT2D eigenvalue weighted by Gasteiger charge is 2.59. The second-order valence-electron chi connectivity index (χ2n) is 11.6. The predicted molar refractivity (Wildman–Crippen MR) is 121 cm³/mol. The molecule has 0 radical (unpaired) electrons. The van der Waals surface area contributed by atoms with E-state index in [0.29, 0.717) is 35.5 Å². The monoisotopic (exact) mass is 430 g/mol. The average Bonchev–Trinajstić information content (AvgIpc) is 3.09. The maximum atomic E-state index is 11.7. The molecule has 0 N–H and O–H groups in total. The van der Waals surface area contributed by atoms with Crippen LogP contribution in [0.15, 0.2) is 12.2 Å². The molecule has 4 aliphatic rings. The van der Waals surface area contributed by atoms with E-state index in [1.54, 1.807) is 0 Å². The van der Waals surface area contributed by atoms with Gasteiger partial charge in [-0.3, -0.25) is 9.59 Å². The molecular weight excluding hydrogens is 388 g/mol. The molecule has 9 atom stereocenters. The third-order valence-corrected chi connectivity index (χ3v) is 10.2. The fourth-order valence-corrected chi connectivity index (χ4v) is 8.52. The van der Waals surface area contributed by atoms with Crippen molar-refractivity contribution in [1.82, 2.24) is 0 Å². The molecule has 31 heavy (non-hydrogen) atoms. The van der Waals surface area contributed by atoms with Gasteiger partial charge in [-0.05, 0) is 97.7 Å². The quantitative estimate of drug-likeness (QED) is 0.400. The van der Waals surface area contributed by atoms with Gasteiger partial charge >= 0.3 is 11.9 Å². The minimum atomic E-state index is -0.131. The van der Waals surface area contributed by atoms with Crippen LogP contribution in [0.1, 0.15) is 85.5 Å². The van der Waals surface area contributed by atoms with Gasteiger partial charge in [0.15, 0.2) is 0 Å². The lowest BCUT2D eigenvalue weighted by molar-refractivity contribution is -0.154. The predicted octanol–water partition coefficient (Wildman–Crippen LogP) is 5.94. The Kier molecular flexibility index (Phi) is 6.31. The van der Waals surface area contributed by atoms with Gasteiger partial charge in [-0.2, -0.15) is 0 Å². The minimum absolute atomic E-state index is 0.0820. The Morgan fingerprint density at radius 2 is 1.90 bits per heavy atom. The highest BCUT2D eigenvalue weighted by Crippen LogP contribution is 2.66. The second-order valence-corrected chi connectivity index (χ2v) is 11.6. The molecule has 0 heterocycles. The highest BCUT2D eigenvalue weighted by atomic mass is 16.5. The summed E-state index contributed by atoms with van der Waals surface area (Å²) < 4.78 is 10.5. The van der Waals surface area contributed by atoms with E-state index in [9.17, 15) is 9.59 Å². The zero-order valence-corrected chi connectivity index (χ0v) is 20.2. The molecule has 4 rings (SSSR count). The van der Waals surface area contributed by atoms with E-state index in [0.717, 1.165) is 31.1 Å². The number of hydrogen-bond acceptors (Lipinski definition) is 4. The van der Waals surface area contributed by atoms with Crippen LogP contribution in [-0.2, 0) is 19.1 Å². The van der Waals surface area contributed by atoms with E-state index < -0.39 is 0 Å². The number of carbonyl (C=O) groups is 2. The Morgan fingerprint density at radius 3 is 2.61 bits per heavy atom. The van der Waals surface area contributed by atoms with E-state index >= 15 is 0 Å². The number of ether oxygens (including phenoxy) is 2. The smallest absolute Gasteiger partial charge is 0.305 e. The molecule has 0 aromatic carbocycles. The molecule has 3 saturated carbocycles. The van der Waals surface area contributed by atoms with Crippen molar-refractivity contribution in [3.63, 3.8) is 0 Å². The van der Waals surface area contributed by atoms with Crippen molar-refractivity contribution in [2.75, 3.05) is 7.11 Å². The maximum Gasteiger partial charge on any atom is 0.305 e. The second kappa shape index (κ2) is 8.56. The standard InChI is InChI=1S/C27H42O4/c1-17(6-11-25(29)30-5)22-9-10-23-21-8-7-19-16-20(31-18(2)28)12-14-26(19,3)24(21)13-15-27(22,23)4/h13,15,17,19-24H,6-12,14,16H2,1-5H3/t17-,19?,20?,21+,22-,23+,24+,26+,27-/m1/s1. The molecule has 0 saturated heterocycles. The molecular formula is C27H42O4. The summed E-state index contributed by atoms with van der Waals surface area (Å²) in [6, 6.07) is 0. The normalized spacial score (nSPS) is 44.5. The van der Waals surface area contributed by atoms with Crippen LogP contribution in [-0.4, -0.2) is 25.2 Å². The molecule has 0 aromatic rings. The van der Waals surface area contributed by atoms with Crippen molar-refractivity contribution in [3.05, 3.63) is 12.2 Å². The molecule has 0 spiro atoms. The summed E-state index contributed by atoms with van der Waals surface area (Å²) in [5.41, 5.74) is 0.598. The van der Waals surface area contributed by atoms with Gasteiger partial charge in [0.25, 0.3) is 0 Å². The van der Waals surface area contributed by atoms with Gasteiger partial charge in [-0.1, -0.05) is 32.9 Å². The Morgan fingerprint density at radius 1 is 1.13 bits per heavy atom. The van der Waals surface area contributed by atoms with Gasteiger partial charge < -0.3 is 9.47 Å². The molecule has 0 bridgehead atoms. The van der Waals surface area contributed by atoms with E-state index in [1.807, 2.05) is 0 Å². The van der Waals surface area contributed by atoms with Crippen LogP contribution < -0.4 is 0 Å². The third kappa shape index (κ3) is 3.97. The summed E-state index contributed by atoms with van der Waals surface area (Å²) >= 11 is 0. The fraction of sp³-hybridized carbons (Fsp3) is 0.852. The van der Waals surface area contributed by atoms with Crippen molar-refractivity contribution in [3.8, 4) is 0 Å². The van der Waals surface area contributed by atoms with Gasteiger partial charge in [-0.15, -0.1) is 0 Å². The lowest BCUT2D eigenvalue weighted by Gasteiger charge is -2.59. The van der Waals surface area contributed by atoms with Crippen molar-refractivity contribution in [1.29, 1.82) is 0 Å². The molecule has 0 aliphatic heterocycles. The Bertz CT molecular complexity index is 729. The first-order valence-corrected chi connectivity index (χ1v) is 12.6. The fourth-order valence-electron chi connectivity index (χ4n) is 8.52. The molecule has 0 amide bonds. The van der Waals surface area contributed by atoms with Crippen molar-refractivity contribution in [2.24, 2.45) is 46.3 Å². The molecule has 174 valence electrons. The van der Waals surface area contributed by atoms with Crippen molar-refractivity contribution >= 4 is 11.9 Å². The van der Waals surface area contributed by atoms with Crippen LogP contribution in [0.5, 0.6) is 0 Å². The summed E-state index contributed by atoms with van der Waals surface area (Å²) in [5, 5.41) is 0. The van der Waals surface area contributed by atoms with Crippen molar-refractivity contribution in [2.45, 2.75) is 91.6 Å². The van der Waals surface area contributed by atoms with Crippen LogP contribution in [0.3, 0.4) is 0 Å². The van der Waals surface area contributed by atoms with Gasteiger partial charge in [0, 0.05) is 13.3 Å². The number of fused-ring (bicyclic) bond motifs is 5. The first-order valence-electron chi connectivity index (χ1n) is 12.6. The van der Waals surface area contributed by atoms with Gasteiger partial charge in [0.2, 0.25) is 0 Å². The van der Waals surface area contributed by atoms with Crippen LogP contribution in [0.4, 0.5) is 0 Å². The number of allylic oxidation sites excluding steroid dienone is 2. The zero-order valence-electron chi connectivity index (χ0n) is 20.2. The molecule has 4 heteroatoms. The average molecular weight is 431 g/mol. The third-order valence-electron chi connectivity index (χ3n) is 10.2. The number of rotatable bonds is 5. The lowest BCUT2D eigenvalue weighted by Crippen LogP contribution is -2.52. The van der Waals surface area contributed by atoms with Gasteiger partial charge in [-0.25, -0.2) is 0 Å². The Labute approximate surface area is 188 Å². The molecule has 4 nitrogen and oxygen atoms in total. The van der Waals surface area contributed by atoms with Gasteiger partial charge in [0.1, 0.15) is 6.10 Å². The summed E-state index contributed by atoms with van der Waals surface area (Å²) in [6.07, 6.45) is 15.2. The number of esters is 2. The molecule has 0 aromatic heterocycles. The van der Waals surface area contributed by atoms with E-state index in [1.165, 1.54) is 46.1 Å². The van der Waals surface area contributed by atoms with Crippen LogP contribution >= 0.6 is 0 Å². The molecule has 4 aliphatic carbocycles. The zero-order chi connectivity index (χ0) is 22.4. The molecule has 2 unspecified atom stereocenters. The van der Waals surface area contributed by atoms with E-state index in [4.69, 9.17) is 9.47 Å². The van der Waals surface area contributed by atoms with Crippen LogP contribution in [0.2, 0.25) is 0 Å². The summed E-state index contributed by atoms with van der Waals surface area (Å²) in [4.78, 5) is 23.1. The van der Waals surface area contributed by atoms with Crippen LogP contribution in [0.25, 0.3) is 0 Å². The lowest BCUT2D eigenvalue weighted by atomic mass is 9.46. The minimum Gasteiger partial charge on any atom is -0.469 e. The van der Waals surface area contributed by atoms with Gasteiger partial charge in [0.05, 0.1) is 7.11 Å². The summed E-state index contributed by atoms with van der Waals surface area (Å²) in [6.45, 7) is 8.91. The Hall–Kier alpha value is -1.32. The first kappa shape index (κ1) is 22.9. The summed E-state index contributed by atoms with van der Waals surface area (Å²) in [7, 11) is 1.49. The topological polar surface area (TPSA) is 52.6 Å². The number of hydrogen-bond donors (Lipinski definition) is 0. The molecule has 3 fully saturated rings. The van der Waals surface area contributed by atoms with Crippen LogP contribution in [0, 0.1) is 46.3 Å².